The molecule has 120 valence electrons. The van der Waals surface area contributed by atoms with Gasteiger partial charge in [-0.3, -0.25) is 9.69 Å². The van der Waals surface area contributed by atoms with Crippen molar-refractivity contribution >= 4 is 5.91 Å². The Labute approximate surface area is 132 Å². The van der Waals surface area contributed by atoms with Gasteiger partial charge in [0.2, 0.25) is 0 Å². The molecule has 2 bridgehead atoms. The van der Waals surface area contributed by atoms with E-state index >= 15 is 0 Å². The molecule has 1 atom stereocenters. The van der Waals surface area contributed by atoms with Gasteiger partial charge in [-0.25, -0.2) is 0 Å². The summed E-state index contributed by atoms with van der Waals surface area (Å²) in [6, 6.07) is 2.63. The third kappa shape index (κ3) is 2.46. The SMILES string of the molecule is Cc1[nH]ccc1C(=O)N1CCN(C2CN3CCC2CC3)CC1. The van der Waals surface area contributed by atoms with Crippen molar-refractivity contribution in [1.82, 2.24) is 19.7 Å². The highest BCUT2D eigenvalue weighted by Gasteiger charge is 2.38. The molecule has 4 aliphatic heterocycles. The van der Waals surface area contributed by atoms with Gasteiger partial charge in [0.25, 0.3) is 5.91 Å². The molecule has 4 fully saturated rings. The van der Waals surface area contributed by atoms with Crippen LogP contribution in [0.15, 0.2) is 12.3 Å². The van der Waals surface area contributed by atoms with Gasteiger partial charge in [-0.1, -0.05) is 0 Å². The van der Waals surface area contributed by atoms with Gasteiger partial charge in [0.05, 0.1) is 5.56 Å². The van der Waals surface area contributed by atoms with E-state index in [-0.39, 0.29) is 5.91 Å². The van der Waals surface area contributed by atoms with Crippen LogP contribution in [0, 0.1) is 12.8 Å². The lowest BCUT2D eigenvalue weighted by molar-refractivity contribution is -0.0131. The van der Waals surface area contributed by atoms with Crippen molar-refractivity contribution in [2.75, 3.05) is 45.8 Å². The Hall–Kier alpha value is -1.33. The number of carbonyl (C=O) groups excluding carboxylic acids is 1. The number of piperazine rings is 1. The second-order valence-electron chi connectivity index (χ2n) is 7.05. The van der Waals surface area contributed by atoms with E-state index in [2.05, 4.69) is 14.8 Å². The van der Waals surface area contributed by atoms with Crippen molar-refractivity contribution in [2.45, 2.75) is 25.8 Å². The van der Waals surface area contributed by atoms with E-state index in [9.17, 15) is 4.79 Å². The number of hydrogen-bond acceptors (Lipinski definition) is 3. The number of carbonyl (C=O) groups is 1. The molecule has 4 aliphatic rings. The third-order valence-corrected chi connectivity index (χ3v) is 5.88. The molecule has 0 saturated carbocycles. The molecule has 1 N–H and O–H groups in total. The largest absolute Gasteiger partial charge is 0.365 e. The van der Waals surface area contributed by atoms with Crippen molar-refractivity contribution in [2.24, 2.45) is 5.92 Å². The van der Waals surface area contributed by atoms with Crippen LogP contribution in [0.3, 0.4) is 0 Å². The fourth-order valence-corrected chi connectivity index (χ4v) is 4.46. The minimum Gasteiger partial charge on any atom is -0.365 e. The summed E-state index contributed by atoms with van der Waals surface area (Å²) in [6.07, 6.45) is 4.59. The normalized spacial score (nSPS) is 32.4. The number of fused-ring (bicyclic) bond motifs is 3. The molecule has 5 heteroatoms. The van der Waals surface area contributed by atoms with E-state index < -0.39 is 0 Å². The summed E-state index contributed by atoms with van der Waals surface area (Å²) in [5.41, 5.74) is 1.81. The first-order valence-electron chi connectivity index (χ1n) is 8.62. The van der Waals surface area contributed by atoms with E-state index in [0.717, 1.165) is 49.4 Å². The van der Waals surface area contributed by atoms with Crippen molar-refractivity contribution in [3.8, 4) is 0 Å². The highest BCUT2D eigenvalue weighted by molar-refractivity contribution is 5.95. The fourth-order valence-electron chi connectivity index (χ4n) is 4.46. The molecule has 1 aromatic heterocycles. The number of amides is 1. The summed E-state index contributed by atoms with van der Waals surface area (Å²) < 4.78 is 0. The lowest BCUT2D eigenvalue weighted by atomic mass is 9.83. The maximum absolute atomic E-state index is 12.6. The van der Waals surface area contributed by atoms with Crippen LogP contribution in [0.5, 0.6) is 0 Å². The lowest BCUT2D eigenvalue weighted by Crippen LogP contribution is -2.61. The smallest absolute Gasteiger partial charge is 0.255 e. The molecule has 0 aromatic carbocycles. The molecule has 22 heavy (non-hydrogen) atoms. The summed E-state index contributed by atoms with van der Waals surface area (Å²) in [6.45, 7) is 9.61. The number of rotatable bonds is 2. The lowest BCUT2D eigenvalue weighted by Gasteiger charge is -2.51. The number of nitrogens with zero attached hydrogens (tertiary/aromatic N) is 3. The number of aryl methyl sites for hydroxylation is 1. The Morgan fingerprint density at radius 2 is 1.86 bits per heavy atom. The number of H-pyrrole nitrogens is 1. The maximum Gasteiger partial charge on any atom is 0.255 e. The third-order valence-electron chi connectivity index (χ3n) is 5.88. The zero-order valence-electron chi connectivity index (χ0n) is 13.4. The van der Waals surface area contributed by atoms with Crippen LogP contribution in [0.2, 0.25) is 0 Å². The number of piperidine rings is 3. The molecule has 4 saturated heterocycles. The summed E-state index contributed by atoms with van der Waals surface area (Å²) in [4.78, 5) is 23.0. The fraction of sp³-hybridized carbons (Fsp3) is 0.706. The van der Waals surface area contributed by atoms with Crippen molar-refractivity contribution in [3.63, 3.8) is 0 Å². The van der Waals surface area contributed by atoms with E-state index in [1.165, 1.54) is 32.5 Å². The number of aromatic amines is 1. The zero-order valence-corrected chi connectivity index (χ0v) is 13.4. The van der Waals surface area contributed by atoms with Gasteiger partial charge < -0.3 is 14.8 Å². The number of aromatic nitrogens is 1. The quantitative estimate of drug-likeness (QED) is 0.892. The maximum atomic E-state index is 12.6. The molecule has 5 heterocycles. The molecular weight excluding hydrogens is 276 g/mol. The molecule has 1 amide bonds. The minimum atomic E-state index is 0.187. The average Bonchev–Trinajstić information content (AvgIpc) is 3.01. The monoisotopic (exact) mass is 302 g/mol. The molecule has 1 aromatic rings. The van der Waals surface area contributed by atoms with Gasteiger partial charge in [-0.15, -0.1) is 0 Å². The summed E-state index contributed by atoms with van der Waals surface area (Å²) in [7, 11) is 0. The van der Waals surface area contributed by atoms with Gasteiger partial charge in [0, 0.05) is 50.7 Å². The van der Waals surface area contributed by atoms with Crippen LogP contribution in [0.4, 0.5) is 0 Å². The van der Waals surface area contributed by atoms with Crippen LogP contribution in [-0.4, -0.2) is 77.4 Å². The second kappa shape index (κ2) is 5.70. The second-order valence-corrected chi connectivity index (χ2v) is 7.05. The zero-order chi connectivity index (χ0) is 15.1. The van der Waals surface area contributed by atoms with E-state index in [1.54, 1.807) is 0 Å². The van der Waals surface area contributed by atoms with Crippen LogP contribution in [0.1, 0.15) is 28.9 Å². The van der Waals surface area contributed by atoms with Gasteiger partial charge in [0.1, 0.15) is 0 Å². The highest BCUT2D eigenvalue weighted by atomic mass is 16.2. The molecule has 0 radical (unpaired) electrons. The Bertz CT molecular complexity index is 539. The first-order chi connectivity index (χ1) is 10.7. The predicted octanol–water partition coefficient (Wildman–Crippen LogP) is 1.18. The Balaban J connectivity index is 1.37. The van der Waals surface area contributed by atoms with Crippen molar-refractivity contribution < 1.29 is 4.79 Å². The number of nitrogens with one attached hydrogen (secondary N) is 1. The van der Waals surface area contributed by atoms with Crippen LogP contribution < -0.4 is 0 Å². The highest BCUT2D eigenvalue weighted by Crippen LogP contribution is 2.31. The van der Waals surface area contributed by atoms with Crippen LogP contribution in [-0.2, 0) is 0 Å². The summed E-state index contributed by atoms with van der Waals surface area (Å²) in [5, 5.41) is 0. The van der Waals surface area contributed by atoms with E-state index in [4.69, 9.17) is 0 Å². The summed E-state index contributed by atoms with van der Waals surface area (Å²) >= 11 is 0. The van der Waals surface area contributed by atoms with Gasteiger partial charge in [0.15, 0.2) is 0 Å². The van der Waals surface area contributed by atoms with E-state index in [0.29, 0.717) is 0 Å². The van der Waals surface area contributed by atoms with Crippen LogP contribution in [0.25, 0.3) is 0 Å². The van der Waals surface area contributed by atoms with Crippen LogP contribution >= 0.6 is 0 Å². The first-order valence-corrected chi connectivity index (χ1v) is 8.62. The van der Waals surface area contributed by atoms with Crippen molar-refractivity contribution in [3.05, 3.63) is 23.5 Å². The summed E-state index contributed by atoms with van der Waals surface area (Å²) in [5.74, 6) is 1.08. The Morgan fingerprint density at radius 1 is 1.14 bits per heavy atom. The molecule has 0 spiro atoms. The topological polar surface area (TPSA) is 42.6 Å². The standard InChI is InChI=1S/C17H26N4O/c1-13-15(2-5-18-13)17(22)21-10-8-20(9-11-21)16-12-19-6-3-14(16)4-7-19/h2,5,14,16,18H,3-4,6-12H2,1H3. The van der Waals surface area contributed by atoms with E-state index in [1.807, 2.05) is 24.1 Å². The van der Waals surface area contributed by atoms with Gasteiger partial charge >= 0.3 is 0 Å². The first kappa shape index (κ1) is 14.3. The van der Waals surface area contributed by atoms with Gasteiger partial charge in [-0.2, -0.15) is 0 Å². The average molecular weight is 302 g/mol. The van der Waals surface area contributed by atoms with Gasteiger partial charge in [-0.05, 0) is 44.8 Å². The Morgan fingerprint density at radius 3 is 2.41 bits per heavy atom. The molecular formula is C17H26N4O. The predicted molar refractivity (Wildman–Crippen MR) is 86.0 cm³/mol. The Kier molecular flexibility index (Phi) is 3.70. The number of hydrogen-bond donors (Lipinski definition) is 1. The molecule has 5 rings (SSSR count). The molecule has 5 nitrogen and oxygen atoms in total. The molecule has 1 unspecified atom stereocenters. The molecule has 0 aliphatic carbocycles. The minimum absolute atomic E-state index is 0.187. The van der Waals surface area contributed by atoms with Crippen molar-refractivity contribution in [1.29, 1.82) is 0 Å².